The van der Waals surface area contributed by atoms with Crippen molar-refractivity contribution in [2.45, 2.75) is 38.8 Å². The van der Waals surface area contributed by atoms with Crippen LogP contribution in [0.3, 0.4) is 0 Å². The molecule has 4 heteroatoms. The molecule has 1 aromatic heterocycles. The minimum absolute atomic E-state index is 0.138. The zero-order chi connectivity index (χ0) is 18.4. The van der Waals surface area contributed by atoms with Gasteiger partial charge in [-0.1, -0.05) is 36.4 Å². The highest BCUT2D eigenvalue weighted by Crippen LogP contribution is 2.40. The quantitative estimate of drug-likeness (QED) is 0.528. The lowest BCUT2D eigenvalue weighted by Gasteiger charge is -2.11. The van der Waals surface area contributed by atoms with Gasteiger partial charge in [0, 0.05) is 24.5 Å². The summed E-state index contributed by atoms with van der Waals surface area (Å²) in [5, 5.41) is 0. The van der Waals surface area contributed by atoms with Crippen LogP contribution in [0.15, 0.2) is 54.9 Å². The van der Waals surface area contributed by atoms with Gasteiger partial charge in [-0.2, -0.15) is 0 Å². The third kappa shape index (κ3) is 2.76. The number of aryl methyl sites for hydroxylation is 1. The van der Waals surface area contributed by atoms with Crippen LogP contribution < -0.4 is 9.30 Å². The number of nitrogens with zero attached hydrogens (tertiary/aromatic N) is 2. The lowest BCUT2D eigenvalue weighted by atomic mass is 10.0. The molecule has 4 nitrogen and oxygen atoms in total. The first-order valence-corrected chi connectivity index (χ1v) is 9.64. The smallest absolute Gasteiger partial charge is 0.254 e. The van der Waals surface area contributed by atoms with Crippen molar-refractivity contribution in [3.05, 3.63) is 82.9 Å². The SMILES string of the molecule is Cc1n(C2CCc3cc4c(cc32)OCC4)cc[n+]1CC(=O)c1ccccc1. The maximum absolute atomic E-state index is 12.6. The van der Waals surface area contributed by atoms with Crippen LogP contribution in [0.1, 0.15) is 45.3 Å². The van der Waals surface area contributed by atoms with Crippen molar-refractivity contribution < 1.29 is 14.1 Å². The molecule has 1 unspecified atom stereocenters. The first-order chi connectivity index (χ1) is 13.2. The highest BCUT2D eigenvalue weighted by atomic mass is 16.5. The Labute approximate surface area is 159 Å². The first kappa shape index (κ1) is 16.3. The highest BCUT2D eigenvalue weighted by molar-refractivity contribution is 5.94. The van der Waals surface area contributed by atoms with Crippen LogP contribution in [0.5, 0.6) is 5.75 Å². The second-order valence-electron chi connectivity index (χ2n) is 7.48. The van der Waals surface area contributed by atoms with Gasteiger partial charge in [0.15, 0.2) is 6.54 Å². The van der Waals surface area contributed by atoms with Crippen LogP contribution in [0, 0.1) is 6.92 Å². The molecule has 0 N–H and O–H groups in total. The molecule has 2 aliphatic rings. The number of ketones is 1. The maximum atomic E-state index is 12.6. The summed E-state index contributed by atoms with van der Waals surface area (Å²) < 4.78 is 10.1. The molecule has 1 aliphatic heterocycles. The molecule has 5 rings (SSSR count). The summed E-state index contributed by atoms with van der Waals surface area (Å²) in [5.74, 6) is 2.30. The van der Waals surface area contributed by atoms with Gasteiger partial charge in [-0.05, 0) is 30.0 Å². The lowest BCUT2D eigenvalue weighted by Crippen LogP contribution is -2.39. The Hall–Kier alpha value is -2.88. The molecule has 2 heterocycles. The largest absolute Gasteiger partial charge is 0.493 e. The Balaban J connectivity index is 1.43. The zero-order valence-electron chi connectivity index (χ0n) is 15.5. The fourth-order valence-electron chi connectivity index (χ4n) is 4.44. The van der Waals surface area contributed by atoms with E-state index in [0.29, 0.717) is 12.6 Å². The van der Waals surface area contributed by atoms with E-state index in [-0.39, 0.29) is 5.78 Å². The molecule has 1 aliphatic carbocycles. The van der Waals surface area contributed by atoms with Gasteiger partial charge in [0.2, 0.25) is 5.78 Å². The second kappa shape index (κ2) is 6.38. The van der Waals surface area contributed by atoms with Gasteiger partial charge in [0.05, 0.1) is 6.61 Å². The molecule has 0 amide bonds. The van der Waals surface area contributed by atoms with Gasteiger partial charge < -0.3 is 4.74 Å². The summed E-state index contributed by atoms with van der Waals surface area (Å²) in [7, 11) is 0. The summed E-state index contributed by atoms with van der Waals surface area (Å²) >= 11 is 0. The van der Waals surface area contributed by atoms with E-state index < -0.39 is 0 Å². The third-order valence-electron chi connectivity index (χ3n) is 5.94. The van der Waals surface area contributed by atoms with Crippen LogP contribution in [0.4, 0.5) is 0 Å². The molecule has 27 heavy (non-hydrogen) atoms. The summed E-state index contributed by atoms with van der Waals surface area (Å²) in [6.45, 7) is 3.27. The van der Waals surface area contributed by atoms with E-state index in [1.807, 2.05) is 36.5 Å². The average molecular weight is 359 g/mol. The van der Waals surface area contributed by atoms with Gasteiger partial charge in [-0.15, -0.1) is 0 Å². The van der Waals surface area contributed by atoms with Gasteiger partial charge in [-0.3, -0.25) is 4.79 Å². The van der Waals surface area contributed by atoms with E-state index >= 15 is 0 Å². The van der Waals surface area contributed by atoms with Crippen LogP contribution >= 0.6 is 0 Å². The Bertz CT molecular complexity index is 1020. The topological polar surface area (TPSA) is 35.1 Å². The van der Waals surface area contributed by atoms with E-state index in [4.69, 9.17) is 4.74 Å². The lowest BCUT2D eigenvalue weighted by molar-refractivity contribution is -0.688. The number of imidazole rings is 1. The summed E-state index contributed by atoms with van der Waals surface area (Å²) in [5.41, 5.74) is 4.93. The minimum atomic E-state index is 0.138. The number of benzene rings is 2. The van der Waals surface area contributed by atoms with E-state index in [1.165, 1.54) is 16.7 Å². The zero-order valence-corrected chi connectivity index (χ0v) is 15.5. The van der Waals surface area contributed by atoms with Crippen LogP contribution in [-0.4, -0.2) is 17.0 Å². The highest BCUT2D eigenvalue weighted by Gasteiger charge is 2.32. The Morgan fingerprint density at radius 3 is 2.89 bits per heavy atom. The van der Waals surface area contributed by atoms with Gasteiger partial charge in [0.25, 0.3) is 5.82 Å². The van der Waals surface area contributed by atoms with Crippen LogP contribution in [0.2, 0.25) is 0 Å². The Kier molecular flexibility index (Phi) is 3.85. The van der Waals surface area contributed by atoms with Gasteiger partial charge >= 0.3 is 0 Å². The standard InChI is InChI=1S/C23H23N2O2/c1-16-24(15-22(26)17-5-3-2-4-6-17)10-11-25(16)21-8-7-18-13-19-9-12-27-23(19)14-20(18)21/h2-6,10-11,13-14,21H,7-9,12,15H2,1H3/q+1. The molecule has 0 spiro atoms. The molecule has 2 aromatic carbocycles. The first-order valence-electron chi connectivity index (χ1n) is 9.64. The Morgan fingerprint density at radius 2 is 2.04 bits per heavy atom. The van der Waals surface area contributed by atoms with Crippen molar-refractivity contribution in [2.75, 3.05) is 6.61 Å². The fraction of sp³-hybridized carbons (Fsp3) is 0.304. The molecule has 0 fully saturated rings. The average Bonchev–Trinajstić information content (AvgIpc) is 3.40. The normalized spacial score (nSPS) is 17.4. The third-order valence-corrected chi connectivity index (χ3v) is 5.94. The number of carbonyl (C=O) groups is 1. The fourth-order valence-corrected chi connectivity index (χ4v) is 4.44. The van der Waals surface area contributed by atoms with Crippen LogP contribution in [0.25, 0.3) is 0 Å². The van der Waals surface area contributed by atoms with E-state index in [9.17, 15) is 4.79 Å². The second-order valence-corrected chi connectivity index (χ2v) is 7.48. The summed E-state index contributed by atoms with van der Waals surface area (Å²) in [6, 6.07) is 14.4. The molecular formula is C23H23N2O2+. The van der Waals surface area contributed by atoms with Crippen molar-refractivity contribution in [3.8, 4) is 5.75 Å². The number of rotatable bonds is 4. The number of ether oxygens (including phenoxy) is 1. The predicted octanol–water partition coefficient (Wildman–Crippen LogP) is 3.44. The van der Waals surface area contributed by atoms with Crippen molar-refractivity contribution in [3.63, 3.8) is 0 Å². The van der Waals surface area contributed by atoms with Crippen LogP contribution in [-0.2, 0) is 19.4 Å². The molecule has 136 valence electrons. The van der Waals surface area contributed by atoms with Crippen molar-refractivity contribution >= 4 is 5.78 Å². The summed E-state index contributed by atoms with van der Waals surface area (Å²) in [4.78, 5) is 12.6. The molecule has 0 radical (unpaired) electrons. The molecule has 0 saturated carbocycles. The number of hydrogen-bond donors (Lipinski definition) is 0. The number of carbonyl (C=O) groups excluding carboxylic acids is 1. The van der Waals surface area contributed by atoms with Crippen molar-refractivity contribution in [2.24, 2.45) is 0 Å². The molecule has 0 saturated heterocycles. The van der Waals surface area contributed by atoms with Crippen molar-refractivity contribution in [1.29, 1.82) is 0 Å². The summed E-state index contributed by atoms with van der Waals surface area (Å²) in [6.07, 6.45) is 7.37. The van der Waals surface area contributed by atoms with Gasteiger partial charge in [-0.25, -0.2) is 9.13 Å². The molecule has 0 bridgehead atoms. The number of hydrogen-bond acceptors (Lipinski definition) is 2. The number of aromatic nitrogens is 2. The van der Waals surface area contributed by atoms with Crippen molar-refractivity contribution in [1.82, 2.24) is 4.57 Å². The van der Waals surface area contributed by atoms with E-state index in [2.05, 4.69) is 34.4 Å². The molecule has 3 aromatic rings. The minimum Gasteiger partial charge on any atom is -0.493 e. The predicted molar refractivity (Wildman–Crippen MR) is 102 cm³/mol. The maximum Gasteiger partial charge on any atom is 0.254 e. The van der Waals surface area contributed by atoms with E-state index in [1.54, 1.807) is 0 Å². The molecule has 1 atom stereocenters. The monoisotopic (exact) mass is 359 g/mol. The van der Waals surface area contributed by atoms with Gasteiger partial charge in [0.1, 0.15) is 24.2 Å². The van der Waals surface area contributed by atoms with E-state index in [0.717, 1.165) is 43.0 Å². The molecular weight excluding hydrogens is 336 g/mol. The Morgan fingerprint density at radius 1 is 1.19 bits per heavy atom. The number of Topliss-reactive ketones (excluding diaryl/α,β-unsaturated/α-hetero) is 1. The number of fused-ring (bicyclic) bond motifs is 2.